The molecule has 0 aromatic rings. The van der Waals surface area contributed by atoms with Crippen LogP contribution in [0.4, 0.5) is 0 Å². The van der Waals surface area contributed by atoms with Crippen LogP contribution in [0.15, 0.2) is 0 Å². The van der Waals surface area contributed by atoms with Crippen molar-refractivity contribution in [2.45, 2.75) is 77.0 Å². The summed E-state index contributed by atoms with van der Waals surface area (Å²) in [6, 6.07) is -0.229. The van der Waals surface area contributed by atoms with Crippen LogP contribution < -0.4 is 0 Å². The summed E-state index contributed by atoms with van der Waals surface area (Å²) in [5.41, 5.74) is 0. The van der Waals surface area contributed by atoms with Crippen molar-refractivity contribution in [3.63, 3.8) is 0 Å². The zero-order chi connectivity index (χ0) is 14.5. The Balaban J connectivity index is 2.19. The smallest absolute Gasteiger partial charge is 0.406 e. The summed E-state index contributed by atoms with van der Waals surface area (Å²) >= 11 is 0. The predicted octanol–water partition coefficient (Wildman–Crippen LogP) is 3.15. The first-order valence-corrected chi connectivity index (χ1v) is 8.04. The zero-order valence-corrected chi connectivity index (χ0v) is 12.6. The Kier molecular flexibility index (Phi) is 5.50. The van der Waals surface area contributed by atoms with Gasteiger partial charge >= 0.3 is 12.9 Å². The van der Waals surface area contributed by atoms with Crippen molar-refractivity contribution >= 4 is 18.9 Å². The molecule has 2 aliphatic heterocycles. The van der Waals surface area contributed by atoms with Gasteiger partial charge in [0.1, 0.15) is 6.00 Å². The van der Waals surface area contributed by atoms with Crippen LogP contribution in [-0.2, 0) is 19.0 Å². The Labute approximate surface area is 121 Å². The first-order valence-electron chi connectivity index (χ1n) is 8.04. The molecule has 0 radical (unpaired) electrons. The summed E-state index contributed by atoms with van der Waals surface area (Å²) < 4.78 is 11.4. The van der Waals surface area contributed by atoms with Crippen LogP contribution >= 0.6 is 0 Å². The lowest BCUT2D eigenvalue weighted by atomic mass is 9.49. The van der Waals surface area contributed by atoms with E-state index >= 15 is 0 Å². The van der Waals surface area contributed by atoms with Gasteiger partial charge in [0, 0.05) is 12.8 Å². The third kappa shape index (κ3) is 3.55. The van der Waals surface area contributed by atoms with Crippen LogP contribution in [0.3, 0.4) is 0 Å². The lowest BCUT2D eigenvalue weighted by Crippen LogP contribution is -2.44. The number of fused-ring (bicyclic) bond motifs is 3. The Hall–Kier alpha value is -0.995. The molecule has 0 aromatic heterocycles. The maximum Gasteiger partial charge on any atom is 0.406 e. The number of ether oxygens (including phenoxy) is 1. The summed E-state index contributed by atoms with van der Waals surface area (Å²) in [6.07, 6.45) is 7.38. The number of carbonyl (C=O) groups is 2. The second-order valence-corrected chi connectivity index (χ2v) is 6.00. The third-order valence-electron chi connectivity index (χ3n) is 4.67. The van der Waals surface area contributed by atoms with Gasteiger partial charge in [-0.1, -0.05) is 39.5 Å². The van der Waals surface area contributed by atoms with Gasteiger partial charge in [-0.15, -0.1) is 0 Å². The van der Waals surface area contributed by atoms with E-state index in [2.05, 4.69) is 0 Å². The van der Waals surface area contributed by atoms with Gasteiger partial charge in [0.15, 0.2) is 0 Å². The lowest BCUT2D eigenvalue weighted by Gasteiger charge is -2.28. The highest BCUT2D eigenvalue weighted by atomic mass is 16.6. The van der Waals surface area contributed by atoms with Gasteiger partial charge in [0.2, 0.25) is 0 Å². The highest BCUT2D eigenvalue weighted by Gasteiger charge is 2.48. The van der Waals surface area contributed by atoms with Crippen LogP contribution in [-0.4, -0.2) is 24.9 Å². The van der Waals surface area contributed by atoms with E-state index in [1.165, 1.54) is 0 Å². The molecular formula is C15H25BO4. The minimum absolute atomic E-state index is 0.180. The molecule has 5 heteroatoms. The van der Waals surface area contributed by atoms with E-state index in [0.29, 0.717) is 24.6 Å². The van der Waals surface area contributed by atoms with Gasteiger partial charge in [-0.05, 0) is 24.6 Å². The largest absolute Gasteiger partial charge is 0.532 e. The molecule has 112 valence electrons. The average Bonchev–Trinajstić information content (AvgIpc) is 2.66. The number of hydrogen-bond donors (Lipinski definition) is 0. The van der Waals surface area contributed by atoms with Crippen molar-refractivity contribution in [2.24, 2.45) is 5.92 Å². The van der Waals surface area contributed by atoms with E-state index in [9.17, 15) is 9.59 Å². The Morgan fingerprint density at radius 3 is 2.15 bits per heavy atom. The van der Waals surface area contributed by atoms with Crippen molar-refractivity contribution in [1.29, 1.82) is 0 Å². The molecule has 0 spiro atoms. The lowest BCUT2D eigenvalue weighted by molar-refractivity contribution is -0.149. The Morgan fingerprint density at radius 1 is 1.00 bits per heavy atom. The summed E-state index contributed by atoms with van der Waals surface area (Å²) in [5, 5.41) is 0. The molecule has 2 rings (SSSR count). The molecule has 0 aliphatic carbocycles. The molecule has 0 aromatic carbocycles. The minimum Gasteiger partial charge on any atom is -0.532 e. The SMILES string of the molecule is CCC(=O)OB1C2CCCC(CCC2)C1OC(=O)CC. The van der Waals surface area contributed by atoms with Gasteiger partial charge in [-0.3, -0.25) is 9.59 Å². The Morgan fingerprint density at radius 2 is 1.60 bits per heavy atom. The van der Waals surface area contributed by atoms with Gasteiger partial charge in [-0.2, -0.15) is 0 Å². The first-order chi connectivity index (χ1) is 9.65. The maximum absolute atomic E-state index is 11.7. The quantitative estimate of drug-likeness (QED) is 0.586. The first kappa shape index (κ1) is 15.4. The standard InChI is InChI=1S/C15H25BO4/c1-3-13(17)19-15-11-7-5-9-12(10-6-8-11)16(15)20-14(18)4-2/h11-12,15H,3-10H2,1-2H3. The van der Waals surface area contributed by atoms with Crippen LogP contribution in [0, 0.1) is 5.92 Å². The third-order valence-corrected chi connectivity index (χ3v) is 4.67. The van der Waals surface area contributed by atoms with E-state index in [-0.39, 0.29) is 24.9 Å². The summed E-state index contributed by atoms with van der Waals surface area (Å²) in [4.78, 5) is 23.4. The second-order valence-electron chi connectivity index (χ2n) is 6.00. The topological polar surface area (TPSA) is 52.6 Å². The fraction of sp³-hybridized carbons (Fsp3) is 0.867. The minimum atomic E-state index is -0.229. The number of esters is 1. The van der Waals surface area contributed by atoms with E-state index in [0.717, 1.165) is 38.5 Å². The molecule has 0 saturated carbocycles. The fourth-order valence-electron chi connectivity index (χ4n) is 3.56. The number of hydrogen-bond acceptors (Lipinski definition) is 4. The molecule has 1 atom stereocenters. The molecule has 1 unspecified atom stereocenters. The molecule has 2 saturated heterocycles. The summed E-state index contributed by atoms with van der Waals surface area (Å²) in [7, 11) is 0. The molecule has 0 N–H and O–H groups in total. The number of rotatable bonds is 4. The van der Waals surface area contributed by atoms with E-state index < -0.39 is 0 Å². The molecule has 0 amide bonds. The molecule has 2 heterocycles. The van der Waals surface area contributed by atoms with Crippen molar-refractivity contribution in [3.8, 4) is 0 Å². The normalized spacial score (nSPS) is 29.5. The highest BCUT2D eigenvalue weighted by molar-refractivity contribution is 6.57. The molecule has 4 nitrogen and oxygen atoms in total. The molecule has 2 aliphatic rings. The second kappa shape index (κ2) is 7.14. The fourth-order valence-corrected chi connectivity index (χ4v) is 3.56. The molecule has 2 bridgehead atoms. The van der Waals surface area contributed by atoms with Crippen LogP contribution in [0.1, 0.15) is 65.2 Å². The summed E-state index contributed by atoms with van der Waals surface area (Å²) in [5.74, 6) is 0.348. The average molecular weight is 280 g/mol. The van der Waals surface area contributed by atoms with Crippen molar-refractivity contribution < 1.29 is 19.0 Å². The van der Waals surface area contributed by atoms with Gasteiger partial charge in [-0.25, -0.2) is 0 Å². The van der Waals surface area contributed by atoms with E-state index in [1.807, 2.05) is 0 Å². The molecular weight excluding hydrogens is 255 g/mol. The van der Waals surface area contributed by atoms with E-state index in [4.69, 9.17) is 9.39 Å². The highest BCUT2D eigenvalue weighted by Crippen LogP contribution is 2.42. The van der Waals surface area contributed by atoms with Crippen molar-refractivity contribution in [2.75, 3.05) is 0 Å². The van der Waals surface area contributed by atoms with Gasteiger partial charge in [0.05, 0.1) is 0 Å². The zero-order valence-electron chi connectivity index (χ0n) is 12.6. The van der Waals surface area contributed by atoms with Gasteiger partial charge in [0.25, 0.3) is 5.97 Å². The predicted molar refractivity (Wildman–Crippen MR) is 77.3 cm³/mol. The van der Waals surface area contributed by atoms with Gasteiger partial charge < -0.3 is 9.39 Å². The monoisotopic (exact) mass is 280 g/mol. The van der Waals surface area contributed by atoms with Crippen molar-refractivity contribution in [1.82, 2.24) is 0 Å². The van der Waals surface area contributed by atoms with Crippen molar-refractivity contribution in [3.05, 3.63) is 0 Å². The molecule has 20 heavy (non-hydrogen) atoms. The Bertz CT molecular complexity index is 316. The van der Waals surface area contributed by atoms with Crippen LogP contribution in [0.5, 0.6) is 0 Å². The maximum atomic E-state index is 11.7. The van der Waals surface area contributed by atoms with Crippen LogP contribution in [0.25, 0.3) is 0 Å². The number of carbonyl (C=O) groups excluding carboxylic acids is 2. The van der Waals surface area contributed by atoms with Crippen LogP contribution in [0.2, 0.25) is 5.82 Å². The molecule has 2 fully saturated rings. The van der Waals surface area contributed by atoms with E-state index in [1.54, 1.807) is 13.8 Å². The summed E-state index contributed by atoms with van der Waals surface area (Å²) in [6.45, 7) is 3.38.